The number of rotatable bonds is 12. The normalized spacial score (nSPS) is 12.2. The molecule has 220 valence electrons. The van der Waals surface area contributed by atoms with Crippen LogP contribution in [-0.4, -0.2) is 35.0 Å². The maximum Gasteiger partial charge on any atom is 0.417 e. The minimum absolute atomic E-state index is 0.0197. The van der Waals surface area contributed by atoms with Crippen LogP contribution >= 0.6 is 11.8 Å². The number of hydrogen-bond acceptors (Lipinski definition) is 5. The number of ether oxygens (including phenoxy) is 1. The van der Waals surface area contributed by atoms with Crippen LogP contribution in [0.15, 0.2) is 83.3 Å². The molecule has 0 spiro atoms. The lowest BCUT2D eigenvalue weighted by molar-refractivity contribution is -0.139. The first-order valence-electron chi connectivity index (χ1n) is 13.1. The van der Waals surface area contributed by atoms with E-state index in [1.54, 1.807) is 18.2 Å². The highest BCUT2D eigenvalue weighted by atomic mass is 32.2. The summed E-state index contributed by atoms with van der Waals surface area (Å²) in [6.07, 6.45) is -2.35. The molecule has 0 saturated heterocycles. The van der Waals surface area contributed by atoms with E-state index in [4.69, 9.17) is 9.15 Å². The van der Waals surface area contributed by atoms with Gasteiger partial charge in [0.15, 0.2) is 0 Å². The van der Waals surface area contributed by atoms with Crippen molar-refractivity contribution in [2.75, 3.05) is 12.0 Å². The first kappa shape index (κ1) is 30.9. The van der Waals surface area contributed by atoms with Crippen LogP contribution in [0.2, 0.25) is 0 Å². The fraction of sp³-hybridized carbons (Fsp3) is 0.250. The maximum absolute atomic E-state index is 13.4. The summed E-state index contributed by atoms with van der Waals surface area (Å²) >= 11 is 1.50. The third-order valence-corrected chi connectivity index (χ3v) is 7.29. The summed E-state index contributed by atoms with van der Waals surface area (Å²) in [6, 6.07) is 20.0. The number of carbonyl (C=O) groups is 2. The second kappa shape index (κ2) is 13.8. The summed E-state index contributed by atoms with van der Waals surface area (Å²) in [5.41, 5.74) is 2.64. The Labute approximate surface area is 245 Å². The summed E-state index contributed by atoms with van der Waals surface area (Å²) in [6.45, 7) is 2.08. The second-order valence-corrected chi connectivity index (χ2v) is 10.6. The first-order chi connectivity index (χ1) is 20.1. The molecule has 2 N–H and O–H groups in total. The predicted octanol–water partition coefficient (Wildman–Crippen LogP) is 7.59. The Kier molecular flexibility index (Phi) is 10.1. The van der Waals surface area contributed by atoms with E-state index in [0.717, 1.165) is 22.8 Å². The number of aryl methyl sites for hydroxylation is 1. The molecule has 0 aliphatic carbocycles. The molecule has 0 aliphatic rings. The van der Waals surface area contributed by atoms with Crippen LogP contribution in [0.3, 0.4) is 0 Å². The third-order valence-electron chi connectivity index (χ3n) is 6.65. The Hall–Kier alpha value is -4.02. The quantitative estimate of drug-likeness (QED) is 0.175. The first-order valence-corrected chi connectivity index (χ1v) is 14.5. The predicted molar refractivity (Wildman–Crippen MR) is 156 cm³/mol. The Morgan fingerprint density at radius 1 is 0.952 bits per heavy atom. The van der Waals surface area contributed by atoms with Crippen LogP contribution in [0, 0.1) is 6.92 Å². The number of aliphatic carboxylic acids is 1. The lowest BCUT2D eigenvalue weighted by Crippen LogP contribution is -2.41. The van der Waals surface area contributed by atoms with E-state index in [2.05, 4.69) is 5.32 Å². The van der Waals surface area contributed by atoms with Gasteiger partial charge in [-0.15, -0.1) is 0 Å². The fourth-order valence-corrected chi connectivity index (χ4v) is 4.99. The average Bonchev–Trinajstić information content (AvgIpc) is 3.43. The van der Waals surface area contributed by atoms with Gasteiger partial charge >= 0.3 is 12.1 Å². The second-order valence-electron chi connectivity index (χ2n) is 9.64. The van der Waals surface area contributed by atoms with Crippen molar-refractivity contribution < 1.29 is 37.0 Å². The van der Waals surface area contributed by atoms with Gasteiger partial charge in [-0.3, -0.25) is 4.79 Å². The van der Waals surface area contributed by atoms with E-state index in [1.807, 2.05) is 43.5 Å². The highest BCUT2D eigenvalue weighted by Crippen LogP contribution is 2.37. The number of halogens is 3. The highest BCUT2D eigenvalue weighted by molar-refractivity contribution is 7.98. The monoisotopic (exact) mass is 597 g/mol. The molecule has 1 amide bonds. The number of nitrogens with one attached hydrogen (secondary N) is 1. The van der Waals surface area contributed by atoms with E-state index < -0.39 is 29.7 Å². The zero-order chi connectivity index (χ0) is 30.3. The van der Waals surface area contributed by atoms with Crippen LogP contribution in [0.4, 0.5) is 13.2 Å². The minimum Gasteiger partial charge on any atom is -0.480 e. The summed E-state index contributed by atoms with van der Waals surface area (Å²) in [7, 11) is 0. The van der Waals surface area contributed by atoms with Gasteiger partial charge < -0.3 is 19.6 Å². The number of amides is 1. The Bertz CT molecular complexity index is 1550. The summed E-state index contributed by atoms with van der Waals surface area (Å²) in [5.74, 6) is -0.540. The molecule has 1 aromatic heterocycles. The average molecular weight is 598 g/mol. The number of carboxylic acids is 1. The SMILES string of the molecule is CSCC[C@H](NC(=O)c1ccc(COCc2ccc(-c3ccccc3C(F)(F)F)o2)cc1-c1ccccc1C)C(=O)O. The molecule has 0 bridgehead atoms. The van der Waals surface area contributed by atoms with Crippen LogP contribution < -0.4 is 5.32 Å². The molecule has 0 fully saturated rings. The van der Waals surface area contributed by atoms with Crippen LogP contribution in [0.25, 0.3) is 22.5 Å². The molecule has 4 rings (SSSR count). The number of benzene rings is 3. The van der Waals surface area contributed by atoms with Crippen LogP contribution in [-0.2, 0) is 28.9 Å². The number of carbonyl (C=O) groups excluding carboxylic acids is 1. The van der Waals surface area contributed by atoms with Gasteiger partial charge in [0, 0.05) is 11.1 Å². The van der Waals surface area contributed by atoms with Gasteiger partial charge in [0.05, 0.1) is 12.2 Å². The minimum atomic E-state index is -4.51. The van der Waals surface area contributed by atoms with Crippen LogP contribution in [0.1, 0.15) is 39.2 Å². The van der Waals surface area contributed by atoms with Crippen molar-refractivity contribution in [1.29, 1.82) is 0 Å². The molecular weight excluding hydrogens is 567 g/mol. The molecule has 0 radical (unpaired) electrons. The lowest BCUT2D eigenvalue weighted by atomic mass is 9.93. The lowest BCUT2D eigenvalue weighted by Gasteiger charge is -2.17. The number of hydrogen-bond donors (Lipinski definition) is 2. The van der Waals surface area contributed by atoms with Crippen molar-refractivity contribution >= 4 is 23.6 Å². The molecule has 0 saturated carbocycles. The Morgan fingerprint density at radius 2 is 1.67 bits per heavy atom. The smallest absolute Gasteiger partial charge is 0.417 e. The molecule has 0 aliphatic heterocycles. The van der Waals surface area contributed by atoms with Gasteiger partial charge in [0.2, 0.25) is 0 Å². The van der Waals surface area contributed by atoms with Gasteiger partial charge in [-0.2, -0.15) is 24.9 Å². The van der Waals surface area contributed by atoms with Gasteiger partial charge in [0.1, 0.15) is 24.2 Å². The molecule has 0 unspecified atom stereocenters. The molecule has 42 heavy (non-hydrogen) atoms. The molecule has 1 heterocycles. The summed E-state index contributed by atoms with van der Waals surface area (Å²) in [4.78, 5) is 25.0. The Morgan fingerprint density at radius 3 is 2.36 bits per heavy atom. The number of alkyl halides is 3. The molecule has 10 heteroatoms. The van der Waals surface area contributed by atoms with E-state index in [0.29, 0.717) is 29.1 Å². The van der Waals surface area contributed by atoms with Crippen molar-refractivity contribution in [2.24, 2.45) is 0 Å². The topological polar surface area (TPSA) is 88.8 Å². The molecule has 6 nitrogen and oxygen atoms in total. The number of furan rings is 1. The van der Waals surface area contributed by atoms with Gasteiger partial charge in [-0.05, 0) is 77.9 Å². The van der Waals surface area contributed by atoms with Crippen molar-refractivity contribution in [1.82, 2.24) is 5.32 Å². The van der Waals surface area contributed by atoms with E-state index in [1.165, 1.54) is 36.0 Å². The highest BCUT2D eigenvalue weighted by Gasteiger charge is 2.34. The van der Waals surface area contributed by atoms with Gasteiger partial charge in [-0.1, -0.05) is 48.5 Å². The largest absolute Gasteiger partial charge is 0.480 e. The molecule has 1 atom stereocenters. The van der Waals surface area contributed by atoms with Crippen molar-refractivity contribution in [2.45, 2.75) is 38.8 Å². The fourth-order valence-electron chi connectivity index (χ4n) is 4.52. The van der Waals surface area contributed by atoms with Crippen molar-refractivity contribution in [3.8, 4) is 22.5 Å². The zero-order valence-corrected chi connectivity index (χ0v) is 23.9. The number of thioether (sulfide) groups is 1. The van der Waals surface area contributed by atoms with Crippen molar-refractivity contribution in [3.63, 3.8) is 0 Å². The van der Waals surface area contributed by atoms with E-state index in [-0.39, 0.29) is 24.5 Å². The third kappa shape index (κ3) is 7.63. The van der Waals surface area contributed by atoms with Gasteiger partial charge in [0.25, 0.3) is 5.91 Å². The zero-order valence-electron chi connectivity index (χ0n) is 23.0. The van der Waals surface area contributed by atoms with Crippen LogP contribution in [0.5, 0.6) is 0 Å². The maximum atomic E-state index is 13.4. The standard InChI is InChI=1S/C32H30F3NO5S/c1-20-7-3-4-8-23(20)26-17-21(11-13-24(26)30(37)36-28(31(38)39)15-16-42-2)18-40-19-22-12-14-29(41-22)25-9-5-6-10-27(25)32(33,34)35/h3-14,17,28H,15-16,18-19H2,1-2H3,(H,36,37)(H,38,39)/t28-/m0/s1. The Balaban J connectivity index is 1.52. The molecular formula is C32H30F3NO5S. The summed E-state index contributed by atoms with van der Waals surface area (Å²) in [5, 5.41) is 12.2. The number of carboxylic acid groups (broad SMARTS) is 1. The van der Waals surface area contributed by atoms with Crippen molar-refractivity contribution in [3.05, 3.63) is 107 Å². The molecule has 3 aromatic carbocycles. The van der Waals surface area contributed by atoms with Gasteiger partial charge in [-0.25, -0.2) is 4.79 Å². The summed E-state index contributed by atoms with van der Waals surface area (Å²) < 4.78 is 51.7. The van der Waals surface area contributed by atoms with E-state index in [9.17, 15) is 27.9 Å². The van der Waals surface area contributed by atoms with E-state index >= 15 is 0 Å². The molecule has 4 aromatic rings.